The van der Waals surface area contributed by atoms with Crippen molar-refractivity contribution in [1.29, 1.82) is 0 Å². The summed E-state index contributed by atoms with van der Waals surface area (Å²) in [5.41, 5.74) is 0.569. The third kappa shape index (κ3) is 2.38. The smallest absolute Gasteiger partial charge is 0.225 e. The van der Waals surface area contributed by atoms with Crippen LogP contribution in [0.15, 0.2) is 6.20 Å². The van der Waals surface area contributed by atoms with Gasteiger partial charge in [-0.1, -0.05) is 19.1 Å². The fraction of sp³-hybridized carbons (Fsp3) is 0.750. The van der Waals surface area contributed by atoms with E-state index in [1.165, 1.54) is 0 Å². The van der Waals surface area contributed by atoms with E-state index in [9.17, 15) is 4.79 Å². The van der Waals surface area contributed by atoms with Gasteiger partial charge in [0.25, 0.3) is 0 Å². The van der Waals surface area contributed by atoms with Crippen molar-refractivity contribution in [2.45, 2.75) is 39.3 Å². The monoisotopic (exact) mass is 252 g/mol. The number of hydrogen-bond donors (Lipinski definition) is 1. The summed E-state index contributed by atoms with van der Waals surface area (Å²) < 4.78 is 1.74. The number of hydrogen-bond acceptors (Lipinski definition) is 4. The number of nitrogens with zero attached hydrogens (tertiary/aromatic N) is 4. The lowest BCUT2D eigenvalue weighted by Gasteiger charge is -2.40. The second-order valence-electron chi connectivity index (χ2n) is 4.76. The predicted octanol–water partition coefficient (Wildman–Crippen LogP) is 0.590. The van der Waals surface area contributed by atoms with E-state index >= 15 is 0 Å². The van der Waals surface area contributed by atoms with Crippen molar-refractivity contribution in [2.24, 2.45) is 5.92 Å². The quantitative estimate of drug-likeness (QED) is 0.832. The molecule has 0 aromatic carbocycles. The van der Waals surface area contributed by atoms with Gasteiger partial charge in [0, 0.05) is 19.0 Å². The molecule has 0 spiro atoms. The first-order valence-corrected chi connectivity index (χ1v) is 6.49. The van der Waals surface area contributed by atoms with Gasteiger partial charge in [-0.3, -0.25) is 4.79 Å². The zero-order chi connectivity index (χ0) is 13.1. The number of carbonyl (C=O) groups is 1. The van der Waals surface area contributed by atoms with Gasteiger partial charge in [0.2, 0.25) is 5.91 Å². The first kappa shape index (κ1) is 13.0. The maximum Gasteiger partial charge on any atom is 0.225 e. The van der Waals surface area contributed by atoms with E-state index < -0.39 is 0 Å². The minimum Gasteiger partial charge on any atom is -0.390 e. The molecule has 2 heterocycles. The molecule has 1 amide bonds. The SMILES string of the molecule is CCC(CC)C(=O)N1CC(n2cc(CO)nn2)C1. The van der Waals surface area contributed by atoms with Gasteiger partial charge < -0.3 is 10.0 Å². The molecule has 6 nitrogen and oxygen atoms in total. The van der Waals surface area contributed by atoms with Gasteiger partial charge in [-0.25, -0.2) is 4.68 Å². The van der Waals surface area contributed by atoms with Crippen LogP contribution < -0.4 is 0 Å². The third-order valence-corrected chi connectivity index (χ3v) is 3.60. The maximum atomic E-state index is 12.1. The molecule has 0 radical (unpaired) electrons. The van der Waals surface area contributed by atoms with E-state index in [2.05, 4.69) is 10.3 Å². The van der Waals surface area contributed by atoms with Gasteiger partial charge in [-0.15, -0.1) is 5.10 Å². The molecule has 1 aliphatic heterocycles. The summed E-state index contributed by atoms with van der Waals surface area (Å²) in [4.78, 5) is 13.9. The number of aromatic nitrogens is 3. The first-order valence-electron chi connectivity index (χ1n) is 6.49. The number of aliphatic hydroxyl groups excluding tert-OH is 1. The highest BCUT2D eigenvalue weighted by Crippen LogP contribution is 2.24. The van der Waals surface area contributed by atoms with Gasteiger partial charge in [0.15, 0.2) is 0 Å². The Bertz CT molecular complexity index is 408. The number of aliphatic hydroxyl groups is 1. The van der Waals surface area contributed by atoms with Crippen molar-refractivity contribution in [3.05, 3.63) is 11.9 Å². The van der Waals surface area contributed by atoms with Gasteiger partial charge >= 0.3 is 0 Å². The number of amides is 1. The fourth-order valence-corrected chi connectivity index (χ4v) is 2.26. The minimum atomic E-state index is -0.0941. The molecule has 2 rings (SSSR count). The predicted molar refractivity (Wildman–Crippen MR) is 65.6 cm³/mol. The average Bonchev–Trinajstić information content (AvgIpc) is 2.77. The topological polar surface area (TPSA) is 71.2 Å². The molecule has 1 aromatic heterocycles. The minimum absolute atomic E-state index is 0.0941. The van der Waals surface area contributed by atoms with Gasteiger partial charge in [0.05, 0.1) is 18.8 Å². The Balaban J connectivity index is 1.88. The van der Waals surface area contributed by atoms with Crippen molar-refractivity contribution < 1.29 is 9.90 Å². The summed E-state index contributed by atoms with van der Waals surface area (Å²) >= 11 is 0. The zero-order valence-corrected chi connectivity index (χ0v) is 10.9. The van der Waals surface area contributed by atoms with E-state index in [-0.39, 0.29) is 24.5 Å². The average molecular weight is 252 g/mol. The number of rotatable bonds is 5. The molecule has 0 unspecified atom stereocenters. The van der Waals surface area contributed by atoms with E-state index in [0.29, 0.717) is 18.8 Å². The maximum absolute atomic E-state index is 12.1. The second kappa shape index (κ2) is 5.48. The number of likely N-dealkylation sites (tertiary alicyclic amines) is 1. The molecule has 18 heavy (non-hydrogen) atoms. The molecule has 1 saturated heterocycles. The fourth-order valence-electron chi connectivity index (χ4n) is 2.26. The van der Waals surface area contributed by atoms with Crippen molar-refractivity contribution >= 4 is 5.91 Å². The van der Waals surface area contributed by atoms with E-state index in [0.717, 1.165) is 12.8 Å². The molecule has 1 fully saturated rings. The summed E-state index contributed by atoms with van der Waals surface area (Å²) in [5.74, 6) is 0.397. The van der Waals surface area contributed by atoms with Crippen LogP contribution in [0.25, 0.3) is 0 Å². The Labute approximate surface area is 107 Å². The van der Waals surface area contributed by atoms with Crippen LogP contribution in [-0.2, 0) is 11.4 Å². The van der Waals surface area contributed by atoms with Crippen LogP contribution in [0.5, 0.6) is 0 Å². The first-order chi connectivity index (χ1) is 8.69. The number of carbonyl (C=O) groups excluding carboxylic acids is 1. The molecule has 0 bridgehead atoms. The van der Waals surface area contributed by atoms with Crippen LogP contribution in [0, 0.1) is 5.92 Å². The van der Waals surface area contributed by atoms with Gasteiger partial charge in [0.1, 0.15) is 5.69 Å². The molecular formula is C12H20N4O2. The van der Waals surface area contributed by atoms with Crippen molar-refractivity contribution in [2.75, 3.05) is 13.1 Å². The Morgan fingerprint density at radius 1 is 1.50 bits per heavy atom. The van der Waals surface area contributed by atoms with E-state index in [1.54, 1.807) is 10.9 Å². The van der Waals surface area contributed by atoms with Crippen molar-refractivity contribution in [1.82, 2.24) is 19.9 Å². The molecule has 1 aromatic rings. The van der Waals surface area contributed by atoms with Crippen LogP contribution in [0.3, 0.4) is 0 Å². The highest BCUT2D eigenvalue weighted by Gasteiger charge is 2.34. The highest BCUT2D eigenvalue weighted by atomic mass is 16.3. The molecule has 1 aliphatic rings. The third-order valence-electron chi connectivity index (χ3n) is 3.60. The molecular weight excluding hydrogens is 232 g/mol. The van der Waals surface area contributed by atoms with Crippen LogP contribution in [-0.4, -0.2) is 44.0 Å². The van der Waals surface area contributed by atoms with Crippen molar-refractivity contribution in [3.63, 3.8) is 0 Å². The van der Waals surface area contributed by atoms with Crippen LogP contribution in [0.4, 0.5) is 0 Å². The van der Waals surface area contributed by atoms with Gasteiger partial charge in [-0.2, -0.15) is 0 Å². The summed E-state index contributed by atoms with van der Waals surface area (Å²) in [6.07, 6.45) is 3.53. The molecule has 0 aliphatic carbocycles. The molecule has 0 saturated carbocycles. The molecule has 100 valence electrons. The standard InChI is InChI=1S/C12H20N4O2/c1-3-9(4-2)12(18)15-6-11(7-15)16-5-10(8-17)13-14-16/h5,9,11,17H,3-4,6-8H2,1-2H3. The van der Waals surface area contributed by atoms with E-state index in [1.807, 2.05) is 18.7 Å². The summed E-state index contributed by atoms with van der Waals surface area (Å²) in [7, 11) is 0. The Morgan fingerprint density at radius 3 is 2.67 bits per heavy atom. The summed E-state index contributed by atoms with van der Waals surface area (Å²) in [6.45, 7) is 5.40. The van der Waals surface area contributed by atoms with Gasteiger partial charge in [-0.05, 0) is 12.8 Å². The zero-order valence-electron chi connectivity index (χ0n) is 10.9. The lowest BCUT2D eigenvalue weighted by atomic mass is 9.98. The molecule has 1 N–H and O–H groups in total. The van der Waals surface area contributed by atoms with Crippen LogP contribution >= 0.6 is 0 Å². The van der Waals surface area contributed by atoms with Crippen LogP contribution in [0.2, 0.25) is 0 Å². The molecule has 0 atom stereocenters. The second-order valence-corrected chi connectivity index (χ2v) is 4.76. The summed E-state index contributed by atoms with van der Waals surface area (Å²) in [5, 5.41) is 16.7. The Kier molecular flexibility index (Phi) is 3.96. The Hall–Kier alpha value is -1.43. The van der Waals surface area contributed by atoms with Crippen molar-refractivity contribution in [3.8, 4) is 0 Å². The highest BCUT2D eigenvalue weighted by molar-refractivity contribution is 5.79. The van der Waals surface area contributed by atoms with Crippen LogP contribution in [0.1, 0.15) is 38.4 Å². The lowest BCUT2D eigenvalue weighted by molar-refractivity contribution is -0.141. The van der Waals surface area contributed by atoms with E-state index in [4.69, 9.17) is 5.11 Å². The molecule has 6 heteroatoms. The summed E-state index contributed by atoms with van der Waals surface area (Å²) in [6, 6.07) is 0.205. The largest absolute Gasteiger partial charge is 0.390 e. The normalized spacial score (nSPS) is 16.1. The Morgan fingerprint density at radius 2 is 2.17 bits per heavy atom. The lowest BCUT2D eigenvalue weighted by Crippen LogP contribution is -2.52.